The van der Waals surface area contributed by atoms with Crippen LogP contribution in [0.5, 0.6) is 0 Å². The van der Waals surface area contributed by atoms with E-state index in [2.05, 4.69) is 26.6 Å². The fraction of sp³-hybridized carbons (Fsp3) is 0.658. The molecule has 1 heterocycles. The number of ketones is 1. The average Bonchev–Trinajstić information content (AvgIpc) is 3.72. The van der Waals surface area contributed by atoms with Gasteiger partial charge in [-0.3, -0.25) is 28.8 Å². The van der Waals surface area contributed by atoms with Crippen LogP contribution in [0.3, 0.4) is 0 Å². The van der Waals surface area contributed by atoms with E-state index in [1.54, 1.807) is 71.9 Å². The van der Waals surface area contributed by atoms with Crippen molar-refractivity contribution in [2.45, 2.75) is 104 Å². The first-order valence-corrected chi connectivity index (χ1v) is 18.2. The van der Waals surface area contributed by atoms with Crippen LogP contribution in [0.15, 0.2) is 30.3 Å². The maximum atomic E-state index is 14.2. The number of benzene rings is 1. The molecule has 1 aromatic carbocycles. The molecule has 3 aliphatic rings. The number of nitrogens with one attached hydrogen (secondary N) is 5. The molecule has 0 bridgehead atoms. The van der Waals surface area contributed by atoms with Crippen LogP contribution in [-0.2, 0) is 28.8 Å². The molecule has 1 aliphatic heterocycles. The van der Waals surface area contributed by atoms with E-state index < -0.39 is 108 Å². The molecule has 7 amide bonds. The van der Waals surface area contributed by atoms with Gasteiger partial charge in [0.1, 0.15) is 18.1 Å². The molecule has 3 fully saturated rings. The zero-order chi connectivity index (χ0) is 40.7. The number of rotatable bonds is 13. The summed E-state index contributed by atoms with van der Waals surface area (Å²) >= 11 is 0. The Balaban J connectivity index is 1.50. The number of fused-ring (bicyclic) bond motifs is 1. The van der Waals surface area contributed by atoms with Crippen molar-refractivity contribution in [1.29, 1.82) is 0 Å². The van der Waals surface area contributed by atoms with E-state index in [-0.39, 0.29) is 23.8 Å². The van der Waals surface area contributed by atoms with Crippen LogP contribution < -0.4 is 26.6 Å². The lowest BCUT2D eigenvalue weighted by Gasteiger charge is -2.38. The maximum Gasteiger partial charge on any atom is 0.315 e. The van der Waals surface area contributed by atoms with Crippen molar-refractivity contribution in [2.24, 2.45) is 28.6 Å². The Bertz CT molecular complexity index is 1650. The van der Waals surface area contributed by atoms with Gasteiger partial charge >= 0.3 is 6.03 Å². The monoisotopic (exact) mass is 759 g/mol. The smallest absolute Gasteiger partial charge is 0.315 e. The number of Topliss-reactive ketones (excluding diaryl/α,β-unsaturated/α-hetero) is 1. The van der Waals surface area contributed by atoms with Gasteiger partial charge < -0.3 is 36.4 Å². The Kier molecular flexibility index (Phi) is 11.9. The fourth-order valence-electron chi connectivity index (χ4n) is 7.24. The van der Waals surface area contributed by atoms with Gasteiger partial charge in [-0.25, -0.2) is 13.6 Å². The molecular formula is C38H55F2N7O7. The van der Waals surface area contributed by atoms with Gasteiger partial charge in [0.05, 0.1) is 12.6 Å². The van der Waals surface area contributed by atoms with Crippen molar-refractivity contribution in [2.75, 3.05) is 27.2 Å². The second kappa shape index (κ2) is 15.2. The minimum absolute atomic E-state index is 0.0796. The molecular weight excluding hydrogens is 704 g/mol. The summed E-state index contributed by atoms with van der Waals surface area (Å²) in [6.07, 6.45) is -1.07. The third kappa shape index (κ3) is 9.72. The summed E-state index contributed by atoms with van der Waals surface area (Å²) in [7, 11) is 3.03. The Morgan fingerprint density at radius 2 is 1.52 bits per heavy atom. The molecule has 14 nitrogen and oxygen atoms in total. The molecule has 2 saturated carbocycles. The molecule has 1 saturated heterocycles. The highest BCUT2D eigenvalue weighted by molar-refractivity contribution is 6.38. The third-order valence-corrected chi connectivity index (χ3v) is 10.5. The van der Waals surface area contributed by atoms with Crippen LogP contribution >= 0.6 is 0 Å². The first-order chi connectivity index (χ1) is 24.8. The number of carbonyl (C=O) groups is 7. The number of alkyl halides is 2. The first-order valence-electron chi connectivity index (χ1n) is 18.2. The van der Waals surface area contributed by atoms with Crippen molar-refractivity contribution < 1.29 is 42.3 Å². The van der Waals surface area contributed by atoms with Gasteiger partial charge in [0.25, 0.3) is 11.8 Å². The number of nitrogens with zero attached hydrogens (tertiary/aromatic N) is 2. The molecule has 298 valence electrons. The fourth-order valence-corrected chi connectivity index (χ4v) is 7.24. The predicted molar refractivity (Wildman–Crippen MR) is 195 cm³/mol. The molecule has 0 radical (unpaired) electrons. The predicted octanol–water partition coefficient (Wildman–Crippen LogP) is 2.14. The molecule has 4 rings (SSSR count). The number of urea groups is 1. The second-order valence-corrected chi connectivity index (χ2v) is 17.7. The van der Waals surface area contributed by atoms with E-state index in [0.29, 0.717) is 5.56 Å². The normalized spacial score (nSPS) is 23.7. The Hall–Kier alpha value is -4.63. The molecule has 16 heteroatoms. The maximum absolute atomic E-state index is 14.2. The lowest BCUT2D eigenvalue weighted by Crippen LogP contribution is -2.62. The minimum atomic E-state index is -3.08. The summed E-state index contributed by atoms with van der Waals surface area (Å²) in [6.45, 7) is 14.0. The van der Waals surface area contributed by atoms with Gasteiger partial charge in [0.15, 0.2) is 0 Å². The van der Waals surface area contributed by atoms with Crippen molar-refractivity contribution in [3.05, 3.63) is 35.9 Å². The Morgan fingerprint density at radius 3 is 2.04 bits per heavy atom. The van der Waals surface area contributed by atoms with Crippen LogP contribution in [0.2, 0.25) is 0 Å². The Morgan fingerprint density at radius 1 is 0.926 bits per heavy atom. The van der Waals surface area contributed by atoms with E-state index >= 15 is 0 Å². The van der Waals surface area contributed by atoms with Crippen LogP contribution in [0.1, 0.15) is 79.8 Å². The van der Waals surface area contributed by atoms with Crippen LogP contribution in [0, 0.1) is 28.6 Å². The second-order valence-electron chi connectivity index (χ2n) is 17.7. The summed E-state index contributed by atoms with van der Waals surface area (Å²) in [5, 5.41) is 12.8. The van der Waals surface area contributed by atoms with E-state index in [1.807, 2.05) is 13.8 Å². The molecule has 0 spiro atoms. The number of likely N-dealkylation sites (N-methyl/N-ethyl adjacent to an activating group) is 1. The molecule has 3 unspecified atom stereocenters. The SMILES string of the molecule is CN(C)C(=O)C(NC(=O)CNC(=O)C(=O)C(CC1CC1(F)F)NC(=O)[C@@H]1[C@@H]2[C@H](CN1C(=O)[C@@H](NC(=O)NC(C)(C)C)C(C)(C)C)C2(C)C)c1ccccc1. The van der Waals surface area contributed by atoms with E-state index in [0.717, 1.165) is 0 Å². The number of halogens is 2. The number of hydrogen-bond donors (Lipinski definition) is 5. The molecule has 1 aromatic rings. The van der Waals surface area contributed by atoms with Gasteiger partial charge in [0.2, 0.25) is 29.4 Å². The zero-order valence-corrected chi connectivity index (χ0v) is 32.8. The summed E-state index contributed by atoms with van der Waals surface area (Å²) in [6, 6.07) is 2.90. The third-order valence-electron chi connectivity index (χ3n) is 10.5. The van der Waals surface area contributed by atoms with Crippen LogP contribution in [0.25, 0.3) is 0 Å². The summed E-state index contributed by atoms with van der Waals surface area (Å²) in [4.78, 5) is 96.3. The topological polar surface area (TPSA) is 186 Å². The largest absolute Gasteiger partial charge is 0.347 e. The number of amides is 7. The van der Waals surface area contributed by atoms with Crippen molar-refractivity contribution in [3.8, 4) is 0 Å². The minimum Gasteiger partial charge on any atom is -0.347 e. The molecule has 5 N–H and O–H groups in total. The number of piperidine rings is 1. The highest BCUT2D eigenvalue weighted by Crippen LogP contribution is 2.65. The summed E-state index contributed by atoms with van der Waals surface area (Å²) in [5.41, 5.74) is -1.25. The highest BCUT2D eigenvalue weighted by Gasteiger charge is 2.70. The lowest BCUT2D eigenvalue weighted by molar-refractivity contribution is -0.145. The summed E-state index contributed by atoms with van der Waals surface area (Å²) in [5.74, 6) is -9.83. The van der Waals surface area contributed by atoms with E-state index in [1.165, 1.54) is 23.9 Å². The molecule has 54 heavy (non-hydrogen) atoms. The lowest BCUT2D eigenvalue weighted by atomic mass is 9.85. The van der Waals surface area contributed by atoms with Crippen molar-refractivity contribution in [1.82, 2.24) is 36.4 Å². The number of likely N-dealkylation sites (tertiary alicyclic amines) is 1. The first kappa shape index (κ1) is 42.1. The van der Waals surface area contributed by atoms with Crippen molar-refractivity contribution in [3.63, 3.8) is 0 Å². The van der Waals surface area contributed by atoms with Gasteiger partial charge in [-0.1, -0.05) is 65.0 Å². The van der Waals surface area contributed by atoms with Gasteiger partial charge in [0, 0.05) is 38.5 Å². The van der Waals surface area contributed by atoms with Gasteiger partial charge in [-0.15, -0.1) is 0 Å². The van der Waals surface area contributed by atoms with Gasteiger partial charge in [-0.2, -0.15) is 0 Å². The standard InChI is InChI=1S/C38H55F2N7O7/c1-35(2,3)29(44-34(54)45-36(4,5)6)33(53)47-19-22-25(37(22,7)8)27(47)30(50)42-23(16-21-17-38(21,39)40)28(49)31(51)41-18-24(48)43-26(32(52)46(9)10)20-14-12-11-13-15-20/h11-15,21-23,25-27,29H,16-19H2,1-10H3,(H,41,51)(H,42,50)(H,43,48)(H2,44,45,54)/t21?,22-,23?,25-,26?,27-,29+/m0/s1. The van der Waals surface area contributed by atoms with Crippen LogP contribution in [-0.4, -0.2) is 108 Å². The zero-order valence-electron chi connectivity index (χ0n) is 32.8. The Labute approximate surface area is 315 Å². The van der Waals surface area contributed by atoms with E-state index in [9.17, 15) is 42.3 Å². The average molecular weight is 760 g/mol. The van der Waals surface area contributed by atoms with Crippen molar-refractivity contribution >= 4 is 41.4 Å². The number of hydrogen-bond acceptors (Lipinski definition) is 7. The van der Waals surface area contributed by atoms with Crippen LogP contribution in [0.4, 0.5) is 13.6 Å². The molecule has 2 aliphatic carbocycles. The molecule has 7 atom stereocenters. The van der Waals surface area contributed by atoms with Gasteiger partial charge in [-0.05, 0) is 55.4 Å². The van der Waals surface area contributed by atoms with E-state index in [4.69, 9.17) is 0 Å². The highest BCUT2D eigenvalue weighted by atomic mass is 19.3. The quantitative estimate of drug-likeness (QED) is 0.191. The summed E-state index contributed by atoms with van der Waals surface area (Å²) < 4.78 is 28.3. The molecule has 0 aromatic heterocycles. The number of carbonyl (C=O) groups excluding carboxylic acids is 7.